The highest BCUT2D eigenvalue weighted by atomic mass is 32.1. The van der Waals surface area contributed by atoms with Gasteiger partial charge in [-0.15, -0.1) is 11.3 Å². The van der Waals surface area contributed by atoms with E-state index in [0.717, 1.165) is 10.8 Å². The number of hydrogen-bond donors (Lipinski definition) is 1. The van der Waals surface area contributed by atoms with Crippen molar-refractivity contribution in [2.75, 3.05) is 5.32 Å². The van der Waals surface area contributed by atoms with Gasteiger partial charge in [-0.25, -0.2) is 15.0 Å². The van der Waals surface area contributed by atoms with Crippen molar-refractivity contribution in [2.45, 2.75) is 13.0 Å². The first-order valence-electron chi connectivity index (χ1n) is 4.21. The molecule has 0 amide bonds. The molecule has 1 N–H and O–H groups in total. The molecular weight excluding hydrogens is 196 g/mol. The fourth-order valence-electron chi connectivity index (χ4n) is 1.07. The number of anilines is 1. The highest BCUT2D eigenvalue weighted by Crippen LogP contribution is 2.18. The molecule has 0 saturated carbocycles. The Morgan fingerprint density at radius 3 is 3.07 bits per heavy atom. The normalized spacial score (nSPS) is 12.4. The van der Waals surface area contributed by atoms with E-state index in [0.29, 0.717) is 0 Å². The number of thiazole rings is 1. The highest BCUT2D eigenvalue weighted by Gasteiger charge is 2.07. The topological polar surface area (TPSA) is 50.7 Å². The van der Waals surface area contributed by atoms with Crippen LogP contribution in [0.1, 0.15) is 18.0 Å². The summed E-state index contributed by atoms with van der Waals surface area (Å²) in [6.07, 6.45) is 5.98. The van der Waals surface area contributed by atoms with Gasteiger partial charge in [0.2, 0.25) is 0 Å². The van der Waals surface area contributed by atoms with Gasteiger partial charge in [0.05, 0.1) is 6.04 Å². The molecule has 0 bridgehead atoms. The number of rotatable bonds is 3. The molecule has 1 radical (unpaired) electrons. The molecule has 4 nitrogen and oxygen atoms in total. The van der Waals surface area contributed by atoms with Crippen molar-refractivity contribution in [1.29, 1.82) is 0 Å². The van der Waals surface area contributed by atoms with E-state index in [9.17, 15) is 0 Å². The smallest absolute Gasteiger partial charge is 0.199 e. The molecule has 71 valence electrons. The molecule has 0 saturated heterocycles. The van der Waals surface area contributed by atoms with Crippen molar-refractivity contribution >= 4 is 17.2 Å². The van der Waals surface area contributed by atoms with Crippen molar-refractivity contribution in [1.82, 2.24) is 15.0 Å². The second-order valence-electron chi connectivity index (χ2n) is 2.78. The molecule has 2 heterocycles. The summed E-state index contributed by atoms with van der Waals surface area (Å²) in [5, 5.41) is 6.21. The Bertz CT molecular complexity index is 373. The molecule has 1 atom stereocenters. The highest BCUT2D eigenvalue weighted by molar-refractivity contribution is 7.09. The summed E-state index contributed by atoms with van der Waals surface area (Å²) >= 11 is 1.62. The van der Waals surface area contributed by atoms with Crippen LogP contribution in [0.4, 0.5) is 5.82 Å². The lowest BCUT2D eigenvalue weighted by atomic mass is 10.3. The van der Waals surface area contributed by atoms with E-state index < -0.39 is 0 Å². The zero-order chi connectivity index (χ0) is 9.80. The van der Waals surface area contributed by atoms with Gasteiger partial charge in [0.25, 0.3) is 0 Å². The van der Waals surface area contributed by atoms with Crippen molar-refractivity contribution in [3.63, 3.8) is 0 Å². The largest absolute Gasteiger partial charge is 0.361 e. The van der Waals surface area contributed by atoms with E-state index in [2.05, 4.69) is 26.6 Å². The maximum absolute atomic E-state index is 4.21. The predicted octanol–water partition coefficient (Wildman–Crippen LogP) is 1.91. The van der Waals surface area contributed by atoms with Crippen LogP contribution in [0.15, 0.2) is 23.8 Å². The predicted molar refractivity (Wildman–Crippen MR) is 55.0 cm³/mol. The summed E-state index contributed by atoms with van der Waals surface area (Å²) in [5.41, 5.74) is 0. The van der Waals surface area contributed by atoms with Crippen LogP contribution in [0.3, 0.4) is 0 Å². The van der Waals surface area contributed by atoms with E-state index in [4.69, 9.17) is 0 Å². The Morgan fingerprint density at radius 1 is 1.50 bits per heavy atom. The molecule has 0 fully saturated rings. The van der Waals surface area contributed by atoms with Crippen molar-refractivity contribution < 1.29 is 0 Å². The van der Waals surface area contributed by atoms with Crippen LogP contribution in [-0.4, -0.2) is 15.0 Å². The molecular formula is C9H9N4S. The Kier molecular flexibility index (Phi) is 2.69. The van der Waals surface area contributed by atoms with Gasteiger partial charge in [0, 0.05) is 17.8 Å². The van der Waals surface area contributed by atoms with Gasteiger partial charge in [0.15, 0.2) is 6.33 Å². The monoisotopic (exact) mass is 205 g/mol. The second-order valence-corrected chi connectivity index (χ2v) is 3.70. The van der Waals surface area contributed by atoms with Crippen molar-refractivity contribution in [3.8, 4) is 0 Å². The standard InChI is InChI=1S/C9H9N4S/c1-7(9-11-4-5-14-9)13-8-2-3-10-6-12-8/h2-5,7H,1H3,(H,10,12,13). The minimum absolute atomic E-state index is 0.165. The Labute approximate surface area is 86.1 Å². The van der Waals surface area contributed by atoms with Gasteiger partial charge in [-0.1, -0.05) is 0 Å². The van der Waals surface area contributed by atoms with Gasteiger partial charge in [-0.3, -0.25) is 0 Å². The molecule has 2 aromatic rings. The molecule has 0 aliphatic heterocycles. The zero-order valence-corrected chi connectivity index (χ0v) is 8.45. The summed E-state index contributed by atoms with van der Waals surface area (Å²) in [5.74, 6) is 0.766. The van der Waals surface area contributed by atoms with Gasteiger partial charge >= 0.3 is 0 Å². The van der Waals surface area contributed by atoms with Gasteiger partial charge in [0.1, 0.15) is 10.8 Å². The first-order valence-corrected chi connectivity index (χ1v) is 5.09. The Balaban J connectivity index is 2.06. The molecule has 0 aromatic carbocycles. The average Bonchev–Trinajstić information content (AvgIpc) is 2.72. The van der Waals surface area contributed by atoms with Crippen LogP contribution in [0.5, 0.6) is 0 Å². The summed E-state index contributed by atoms with van der Waals surface area (Å²) in [4.78, 5) is 11.9. The van der Waals surface area contributed by atoms with Crippen LogP contribution in [0, 0.1) is 6.33 Å². The lowest BCUT2D eigenvalue weighted by Crippen LogP contribution is -2.07. The van der Waals surface area contributed by atoms with E-state index in [1.807, 2.05) is 12.3 Å². The first-order chi connectivity index (χ1) is 6.86. The molecule has 1 unspecified atom stereocenters. The quantitative estimate of drug-likeness (QED) is 0.831. The van der Waals surface area contributed by atoms with Crippen LogP contribution in [-0.2, 0) is 0 Å². The van der Waals surface area contributed by atoms with E-state index in [-0.39, 0.29) is 6.04 Å². The fraction of sp³-hybridized carbons (Fsp3) is 0.222. The van der Waals surface area contributed by atoms with E-state index in [1.54, 1.807) is 29.8 Å². The SMILES string of the molecule is CC(Nc1ccn[c]n1)c1nccs1. The molecule has 0 spiro atoms. The molecule has 5 heteroatoms. The number of nitrogens with one attached hydrogen (secondary N) is 1. The number of hydrogen-bond acceptors (Lipinski definition) is 5. The summed E-state index contributed by atoms with van der Waals surface area (Å²) in [6.45, 7) is 2.04. The summed E-state index contributed by atoms with van der Waals surface area (Å²) in [6, 6.07) is 1.97. The third-order valence-electron chi connectivity index (χ3n) is 1.72. The summed E-state index contributed by atoms with van der Waals surface area (Å²) < 4.78 is 0. The first kappa shape index (κ1) is 9.08. The van der Waals surface area contributed by atoms with Crippen LogP contribution >= 0.6 is 11.3 Å². The van der Waals surface area contributed by atoms with Gasteiger partial charge in [-0.05, 0) is 13.0 Å². The molecule has 0 aliphatic carbocycles. The van der Waals surface area contributed by atoms with E-state index in [1.165, 1.54) is 0 Å². The molecule has 2 aromatic heterocycles. The molecule has 14 heavy (non-hydrogen) atoms. The minimum Gasteiger partial charge on any atom is -0.361 e. The molecule has 0 aliphatic rings. The van der Waals surface area contributed by atoms with Crippen molar-refractivity contribution in [2.24, 2.45) is 0 Å². The van der Waals surface area contributed by atoms with Gasteiger partial charge in [-0.2, -0.15) is 0 Å². The van der Waals surface area contributed by atoms with Crippen molar-refractivity contribution in [3.05, 3.63) is 35.2 Å². The lowest BCUT2D eigenvalue weighted by Gasteiger charge is -2.10. The number of aromatic nitrogens is 3. The third-order valence-corrected chi connectivity index (χ3v) is 2.68. The Hall–Kier alpha value is -1.49. The Morgan fingerprint density at radius 2 is 2.43 bits per heavy atom. The maximum atomic E-state index is 4.21. The van der Waals surface area contributed by atoms with Gasteiger partial charge < -0.3 is 5.32 Å². The number of nitrogens with zero attached hydrogens (tertiary/aromatic N) is 3. The fourth-order valence-corrected chi connectivity index (χ4v) is 1.72. The average molecular weight is 205 g/mol. The molecule has 2 rings (SSSR count). The maximum Gasteiger partial charge on any atom is 0.199 e. The van der Waals surface area contributed by atoms with Crippen LogP contribution < -0.4 is 5.32 Å². The zero-order valence-electron chi connectivity index (χ0n) is 7.64. The lowest BCUT2D eigenvalue weighted by molar-refractivity contribution is 0.858. The van der Waals surface area contributed by atoms with E-state index >= 15 is 0 Å². The van der Waals surface area contributed by atoms with Crippen LogP contribution in [0.25, 0.3) is 0 Å². The second kappa shape index (κ2) is 4.15. The summed E-state index contributed by atoms with van der Waals surface area (Å²) in [7, 11) is 0. The van der Waals surface area contributed by atoms with Crippen LogP contribution in [0.2, 0.25) is 0 Å². The third kappa shape index (κ3) is 2.05. The minimum atomic E-state index is 0.165.